The van der Waals surface area contributed by atoms with Crippen LogP contribution in [0.25, 0.3) is 0 Å². The van der Waals surface area contributed by atoms with Gasteiger partial charge in [-0.2, -0.15) is 0 Å². The highest BCUT2D eigenvalue weighted by Gasteiger charge is 2.44. The minimum absolute atomic E-state index is 0.00774. The first kappa shape index (κ1) is 17.4. The lowest BCUT2D eigenvalue weighted by molar-refractivity contribution is 0.615. The molecule has 4 nitrogen and oxygen atoms in total. The zero-order valence-electron chi connectivity index (χ0n) is 14.6. The van der Waals surface area contributed by atoms with Crippen LogP contribution in [0.4, 0.5) is 4.39 Å². The van der Waals surface area contributed by atoms with E-state index in [4.69, 9.17) is 4.99 Å². The Morgan fingerprint density at radius 3 is 2.80 bits per heavy atom. The molecule has 1 aromatic carbocycles. The average molecular weight is 340 g/mol. The second-order valence-corrected chi connectivity index (χ2v) is 6.52. The number of guanidine groups is 1. The molecule has 5 heteroatoms. The van der Waals surface area contributed by atoms with Gasteiger partial charge in [-0.1, -0.05) is 18.2 Å². The van der Waals surface area contributed by atoms with E-state index in [2.05, 4.69) is 28.6 Å². The van der Waals surface area contributed by atoms with Gasteiger partial charge in [0.05, 0.1) is 6.54 Å². The van der Waals surface area contributed by atoms with Gasteiger partial charge in [0.2, 0.25) is 0 Å². The van der Waals surface area contributed by atoms with Gasteiger partial charge < -0.3 is 10.6 Å². The molecule has 0 radical (unpaired) electrons. The Bertz CT molecular complexity index is 711. The van der Waals surface area contributed by atoms with Crippen LogP contribution in [0.2, 0.25) is 0 Å². The molecule has 0 amide bonds. The molecule has 2 aromatic rings. The summed E-state index contributed by atoms with van der Waals surface area (Å²) in [6, 6.07) is 10.9. The number of hydrogen-bond donors (Lipinski definition) is 2. The third-order valence-corrected chi connectivity index (χ3v) is 4.60. The molecule has 2 N–H and O–H groups in total. The van der Waals surface area contributed by atoms with Crippen molar-refractivity contribution in [1.29, 1.82) is 0 Å². The lowest BCUT2D eigenvalue weighted by Crippen LogP contribution is -2.39. The molecule has 132 valence electrons. The first-order valence-electron chi connectivity index (χ1n) is 8.89. The lowest BCUT2D eigenvalue weighted by atomic mass is 9.96. The molecule has 0 bridgehead atoms. The molecule has 1 heterocycles. The summed E-state index contributed by atoms with van der Waals surface area (Å²) in [5.41, 5.74) is 2.26. The zero-order chi connectivity index (χ0) is 17.5. The summed E-state index contributed by atoms with van der Waals surface area (Å²) in [7, 11) is 0. The van der Waals surface area contributed by atoms with E-state index in [9.17, 15) is 4.39 Å². The van der Waals surface area contributed by atoms with Crippen molar-refractivity contribution >= 4 is 5.96 Å². The summed E-state index contributed by atoms with van der Waals surface area (Å²) in [4.78, 5) is 8.87. The molecular formula is C20H25FN4. The molecule has 1 fully saturated rings. The van der Waals surface area contributed by atoms with Gasteiger partial charge in [-0.3, -0.25) is 9.98 Å². The van der Waals surface area contributed by atoms with Crippen molar-refractivity contribution in [2.24, 2.45) is 4.99 Å². The molecule has 1 aromatic heterocycles. The number of nitrogens with one attached hydrogen (secondary N) is 2. The Labute approximate surface area is 148 Å². The van der Waals surface area contributed by atoms with Crippen molar-refractivity contribution in [2.45, 2.75) is 31.6 Å². The molecule has 0 unspecified atom stereocenters. The second kappa shape index (κ2) is 8.10. The third kappa shape index (κ3) is 4.78. The Hall–Kier alpha value is -2.43. The number of nitrogens with zero attached hydrogens (tertiary/aromatic N) is 2. The van der Waals surface area contributed by atoms with Crippen LogP contribution in [0.1, 0.15) is 30.9 Å². The molecule has 25 heavy (non-hydrogen) atoms. The maximum Gasteiger partial charge on any atom is 0.191 e. The largest absolute Gasteiger partial charge is 0.357 e. The van der Waals surface area contributed by atoms with Crippen molar-refractivity contribution in [2.75, 3.05) is 19.6 Å². The van der Waals surface area contributed by atoms with E-state index in [0.29, 0.717) is 6.54 Å². The number of aliphatic imine (C=N–C) groups is 1. The molecule has 3 rings (SSSR count). The van der Waals surface area contributed by atoms with Crippen LogP contribution in [-0.4, -0.2) is 30.6 Å². The Balaban J connectivity index is 1.58. The normalized spacial score (nSPS) is 15.7. The summed E-state index contributed by atoms with van der Waals surface area (Å²) in [6.45, 7) is 4.34. The van der Waals surface area contributed by atoms with Crippen LogP contribution in [-0.2, 0) is 11.8 Å². The van der Waals surface area contributed by atoms with Crippen LogP contribution in [0.3, 0.4) is 0 Å². The predicted octanol–water partition coefficient (Wildman–Crippen LogP) is 3.05. The van der Waals surface area contributed by atoms with Gasteiger partial charge in [0.1, 0.15) is 5.82 Å². The Morgan fingerprint density at radius 1 is 1.24 bits per heavy atom. The smallest absolute Gasteiger partial charge is 0.191 e. The second-order valence-electron chi connectivity index (χ2n) is 6.52. The summed E-state index contributed by atoms with van der Waals surface area (Å²) < 4.78 is 13.5. The quantitative estimate of drug-likeness (QED) is 0.602. The van der Waals surface area contributed by atoms with Crippen molar-refractivity contribution in [1.82, 2.24) is 15.6 Å². The summed E-state index contributed by atoms with van der Waals surface area (Å²) in [5.74, 6) is 0.642. The van der Waals surface area contributed by atoms with Crippen LogP contribution >= 0.6 is 0 Å². The molecule has 1 aliphatic carbocycles. The van der Waals surface area contributed by atoms with E-state index in [1.165, 1.54) is 11.6 Å². The van der Waals surface area contributed by atoms with Crippen molar-refractivity contribution in [3.05, 3.63) is 65.7 Å². The average Bonchev–Trinajstić information content (AvgIpc) is 3.42. The number of aromatic nitrogens is 1. The number of pyridine rings is 1. The lowest BCUT2D eigenvalue weighted by Gasteiger charge is -2.16. The van der Waals surface area contributed by atoms with Gasteiger partial charge in [-0.05, 0) is 55.5 Å². The fourth-order valence-electron chi connectivity index (χ4n) is 2.95. The Morgan fingerprint density at radius 2 is 2.12 bits per heavy atom. The van der Waals surface area contributed by atoms with Crippen LogP contribution in [0.5, 0.6) is 0 Å². The highest BCUT2D eigenvalue weighted by Crippen LogP contribution is 2.48. The van der Waals surface area contributed by atoms with Crippen LogP contribution < -0.4 is 10.6 Å². The minimum Gasteiger partial charge on any atom is -0.357 e. The Kier molecular flexibility index (Phi) is 5.64. The molecule has 0 aliphatic heterocycles. The molecular weight excluding hydrogens is 315 g/mol. The fourth-order valence-corrected chi connectivity index (χ4v) is 2.95. The SMILES string of the molecule is CCNC(=NCC1(c2cccc(F)c2)CC1)NCCc1cccnc1. The van der Waals surface area contributed by atoms with Crippen molar-refractivity contribution in [3.63, 3.8) is 0 Å². The molecule has 0 atom stereocenters. The first-order valence-corrected chi connectivity index (χ1v) is 8.89. The maximum absolute atomic E-state index is 13.5. The van der Waals surface area contributed by atoms with E-state index in [1.807, 2.05) is 18.3 Å². The van der Waals surface area contributed by atoms with E-state index >= 15 is 0 Å². The summed E-state index contributed by atoms with van der Waals surface area (Å²) >= 11 is 0. The third-order valence-electron chi connectivity index (χ3n) is 4.60. The van der Waals surface area contributed by atoms with Crippen LogP contribution in [0.15, 0.2) is 53.8 Å². The monoisotopic (exact) mass is 340 g/mol. The van der Waals surface area contributed by atoms with Gasteiger partial charge in [0, 0.05) is 30.9 Å². The van der Waals surface area contributed by atoms with E-state index < -0.39 is 0 Å². The number of rotatable bonds is 7. The van der Waals surface area contributed by atoms with Crippen LogP contribution in [0, 0.1) is 5.82 Å². The van der Waals surface area contributed by atoms with Crippen molar-refractivity contribution < 1.29 is 4.39 Å². The zero-order valence-corrected chi connectivity index (χ0v) is 14.6. The molecule has 0 saturated heterocycles. The molecule has 1 saturated carbocycles. The van der Waals surface area contributed by atoms with Gasteiger partial charge in [0.25, 0.3) is 0 Å². The van der Waals surface area contributed by atoms with E-state index in [-0.39, 0.29) is 11.2 Å². The van der Waals surface area contributed by atoms with E-state index in [0.717, 1.165) is 43.9 Å². The standard InChI is InChI=1S/C20H25FN4/c1-2-23-19(24-12-8-16-5-4-11-22-14-16)25-15-20(9-10-20)17-6-3-7-18(21)13-17/h3-7,11,13-14H,2,8-10,12,15H2,1H3,(H2,23,24,25). The summed E-state index contributed by atoms with van der Waals surface area (Å²) in [6.07, 6.45) is 6.69. The van der Waals surface area contributed by atoms with E-state index in [1.54, 1.807) is 18.3 Å². The van der Waals surface area contributed by atoms with Gasteiger partial charge >= 0.3 is 0 Å². The highest BCUT2D eigenvalue weighted by molar-refractivity contribution is 5.79. The minimum atomic E-state index is -0.172. The predicted molar refractivity (Wildman–Crippen MR) is 99.2 cm³/mol. The van der Waals surface area contributed by atoms with Gasteiger partial charge in [0.15, 0.2) is 5.96 Å². The number of halogens is 1. The fraction of sp³-hybridized carbons (Fsp3) is 0.400. The van der Waals surface area contributed by atoms with Gasteiger partial charge in [-0.15, -0.1) is 0 Å². The maximum atomic E-state index is 13.5. The van der Waals surface area contributed by atoms with Crippen molar-refractivity contribution in [3.8, 4) is 0 Å². The number of hydrogen-bond acceptors (Lipinski definition) is 2. The first-order chi connectivity index (χ1) is 12.2. The molecule has 0 spiro atoms. The number of benzene rings is 1. The highest BCUT2D eigenvalue weighted by atomic mass is 19.1. The summed E-state index contributed by atoms with van der Waals surface area (Å²) in [5, 5.41) is 6.65. The molecule has 1 aliphatic rings. The van der Waals surface area contributed by atoms with Gasteiger partial charge in [-0.25, -0.2) is 4.39 Å². The topological polar surface area (TPSA) is 49.3 Å².